The van der Waals surface area contributed by atoms with Crippen molar-refractivity contribution in [2.24, 2.45) is 34.5 Å². The van der Waals surface area contributed by atoms with E-state index in [1.165, 1.54) is 12.7 Å². The molecular weight excluding hydrogens is 368 g/mol. The summed E-state index contributed by atoms with van der Waals surface area (Å²) in [5.41, 5.74) is 0.908. The second kappa shape index (κ2) is 6.32. The minimum absolute atomic E-state index is 0.0534. The summed E-state index contributed by atoms with van der Waals surface area (Å²) < 4.78 is 11.3. The Bertz CT molecular complexity index is 773. The molecule has 0 aromatic rings. The topological polar surface area (TPSA) is 72.8 Å². The van der Waals surface area contributed by atoms with E-state index in [-0.39, 0.29) is 46.3 Å². The van der Waals surface area contributed by atoms with Crippen LogP contribution in [-0.4, -0.2) is 35.9 Å². The minimum atomic E-state index is -0.339. The molecule has 1 N–H and O–H groups in total. The van der Waals surface area contributed by atoms with Crippen molar-refractivity contribution in [3.05, 3.63) is 11.6 Å². The average molecular weight is 403 g/mol. The Morgan fingerprint density at radius 3 is 2.59 bits per heavy atom. The lowest BCUT2D eigenvalue weighted by atomic mass is 9.45. The number of fused-ring (bicyclic) bond motifs is 6. The number of esters is 2. The molecular formula is C24H34O5. The Balaban J connectivity index is 1.58. The van der Waals surface area contributed by atoms with Gasteiger partial charge in [0.05, 0.1) is 19.1 Å². The Hall–Kier alpha value is -1.36. The predicted molar refractivity (Wildman–Crippen MR) is 107 cm³/mol. The smallest absolute Gasteiger partial charge is 0.312 e. The molecule has 5 rings (SSSR count). The number of aliphatic hydroxyl groups excluding tert-OH is 1. The molecule has 4 fully saturated rings. The summed E-state index contributed by atoms with van der Waals surface area (Å²) in [6.45, 7) is 4.68. The van der Waals surface area contributed by atoms with Crippen LogP contribution in [0, 0.1) is 34.5 Å². The highest BCUT2D eigenvalue weighted by Gasteiger charge is 2.68. The number of ether oxygens (including phenoxy) is 2. The first kappa shape index (κ1) is 19.6. The predicted octanol–water partition coefficient (Wildman–Crippen LogP) is 3.79. The van der Waals surface area contributed by atoms with Crippen LogP contribution in [0.25, 0.3) is 0 Å². The zero-order chi connectivity index (χ0) is 20.6. The zero-order valence-corrected chi connectivity index (χ0v) is 17.9. The second-order valence-corrected chi connectivity index (χ2v) is 10.8. The summed E-state index contributed by atoms with van der Waals surface area (Å²) in [5.74, 6) is 0.544. The van der Waals surface area contributed by atoms with Crippen LogP contribution in [0.4, 0.5) is 0 Å². The van der Waals surface area contributed by atoms with Crippen molar-refractivity contribution < 1.29 is 24.2 Å². The molecule has 5 nitrogen and oxygen atoms in total. The number of carbonyl (C=O) groups is 2. The number of methoxy groups -OCH3 is 1. The highest BCUT2D eigenvalue weighted by Crippen LogP contribution is 2.70. The standard InChI is InChI=1S/C24H34O5/c1-22-8-4-15(25)12-14(22)13-16(21(27)28-3)20-17(22)5-9-23(2)18(20)6-10-24(23)11-7-19(26)29-24/h13,15-18,20,25H,4-12H2,1-3H3/t15?,16-,17+,18?,20?,22?,23?,24?/m1/s1. The van der Waals surface area contributed by atoms with Crippen LogP contribution >= 0.6 is 0 Å². The molecule has 1 aliphatic heterocycles. The summed E-state index contributed by atoms with van der Waals surface area (Å²) in [4.78, 5) is 25.0. The maximum absolute atomic E-state index is 12.9. The molecule has 160 valence electrons. The zero-order valence-electron chi connectivity index (χ0n) is 17.9. The molecule has 1 spiro atoms. The molecule has 4 aliphatic carbocycles. The molecule has 1 heterocycles. The van der Waals surface area contributed by atoms with Crippen molar-refractivity contribution in [3.63, 3.8) is 0 Å². The van der Waals surface area contributed by atoms with Gasteiger partial charge in [-0.15, -0.1) is 0 Å². The molecule has 0 aromatic carbocycles. The van der Waals surface area contributed by atoms with Crippen LogP contribution in [0.2, 0.25) is 0 Å². The molecule has 5 aliphatic rings. The van der Waals surface area contributed by atoms with E-state index >= 15 is 0 Å². The first-order valence-electron chi connectivity index (χ1n) is 11.4. The van der Waals surface area contributed by atoms with Crippen molar-refractivity contribution >= 4 is 11.9 Å². The molecule has 0 aromatic heterocycles. The van der Waals surface area contributed by atoms with Crippen LogP contribution < -0.4 is 0 Å². The molecule has 0 bridgehead atoms. The summed E-state index contributed by atoms with van der Waals surface area (Å²) in [5, 5.41) is 10.3. The van der Waals surface area contributed by atoms with Gasteiger partial charge in [-0.2, -0.15) is 0 Å². The summed E-state index contributed by atoms with van der Waals surface area (Å²) in [6, 6.07) is 0. The van der Waals surface area contributed by atoms with Crippen LogP contribution in [0.3, 0.4) is 0 Å². The second-order valence-electron chi connectivity index (χ2n) is 10.8. The Kier molecular flexibility index (Phi) is 4.27. The molecule has 8 atom stereocenters. The van der Waals surface area contributed by atoms with Gasteiger partial charge in [0.2, 0.25) is 0 Å². The SMILES string of the molecule is COC(=O)[C@@H]1C=C2CC(O)CCC2(C)[C@H]2CCC3(C)C(CCC34CCC(=O)O4)C12. The third kappa shape index (κ3) is 2.49. The van der Waals surface area contributed by atoms with E-state index in [1.807, 2.05) is 0 Å². The lowest BCUT2D eigenvalue weighted by Crippen LogP contribution is -2.57. The molecule has 29 heavy (non-hydrogen) atoms. The maximum Gasteiger partial charge on any atom is 0.312 e. The van der Waals surface area contributed by atoms with Gasteiger partial charge in [-0.3, -0.25) is 9.59 Å². The fraction of sp³-hybridized carbons (Fsp3) is 0.833. The van der Waals surface area contributed by atoms with Crippen LogP contribution in [0.1, 0.15) is 71.6 Å². The van der Waals surface area contributed by atoms with Gasteiger partial charge in [0.15, 0.2) is 0 Å². The molecule has 1 saturated heterocycles. The fourth-order valence-corrected chi connectivity index (χ4v) is 8.32. The monoisotopic (exact) mass is 402 g/mol. The average Bonchev–Trinajstić information content (AvgIpc) is 3.22. The van der Waals surface area contributed by atoms with Crippen LogP contribution in [0.5, 0.6) is 0 Å². The normalized spacial score (nSPS) is 51.0. The lowest BCUT2D eigenvalue weighted by Gasteiger charge is -2.60. The van der Waals surface area contributed by atoms with E-state index in [1.54, 1.807) is 0 Å². The Morgan fingerprint density at radius 2 is 1.90 bits per heavy atom. The molecule has 6 unspecified atom stereocenters. The molecule has 3 saturated carbocycles. The van der Waals surface area contributed by atoms with Gasteiger partial charge in [0.25, 0.3) is 0 Å². The third-order valence-electron chi connectivity index (χ3n) is 9.94. The largest absolute Gasteiger partial charge is 0.469 e. The van der Waals surface area contributed by atoms with Gasteiger partial charge in [-0.25, -0.2) is 0 Å². The van der Waals surface area contributed by atoms with Gasteiger partial charge in [0, 0.05) is 11.8 Å². The third-order valence-corrected chi connectivity index (χ3v) is 9.94. The fourth-order valence-electron chi connectivity index (χ4n) is 8.32. The maximum atomic E-state index is 12.9. The quantitative estimate of drug-likeness (QED) is 0.534. The van der Waals surface area contributed by atoms with E-state index in [0.717, 1.165) is 44.9 Å². The summed E-state index contributed by atoms with van der Waals surface area (Å²) >= 11 is 0. The van der Waals surface area contributed by atoms with Gasteiger partial charge >= 0.3 is 11.9 Å². The van der Waals surface area contributed by atoms with Crippen molar-refractivity contribution in [3.8, 4) is 0 Å². The van der Waals surface area contributed by atoms with Gasteiger partial charge in [-0.1, -0.05) is 25.5 Å². The lowest BCUT2D eigenvalue weighted by molar-refractivity contribution is -0.174. The van der Waals surface area contributed by atoms with Crippen molar-refractivity contribution in [1.29, 1.82) is 0 Å². The number of rotatable bonds is 1. The highest BCUT2D eigenvalue weighted by molar-refractivity contribution is 5.76. The van der Waals surface area contributed by atoms with Gasteiger partial charge < -0.3 is 14.6 Å². The number of aliphatic hydroxyl groups is 1. The van der Waals surface area contributed by atoms with E-state index in [2.05, 4.69) is 19.9 Å². The molecule has 0 radical (unpaired) electrons. The van der Waals surface area contributed by atoms with E-state index in [9.17, 15) is 14.7 Å². The van der Waals surface area contributed by atoms with Gasteiger partial charge in [-0.05, 0) is 74.5 Å². The molecule has 5 heteroatoms. The summed E-state index contributed by atoms with van der Waals surface area (Å²) in [7, 11) is 1.48. The highest BCUT2D eigenvalue weighted by atomic mass is 16.6. The van der Waals surface area contributed by atoms with E-state index in [0.29, 0.717) is 24.7 Å². The Morgan fingerprint density at radius 1 is 1.14 bits per heavy atom. The molecule has 0 amide bonds. The van der Waals surface area contributed by atoms with E-state index < -0.39 is 0 Å². The number of hydrogen-bond donors (Lipinski definition) is 1. The number of carbonyl (C=O) groups excluding carboxylic acids is 2. The van der Waals surface area contributed by atoms with Crippen LogP contribution in [-0.2, 0) is 19.1 Å². The van der Waals surface area contributed by atoms with Crippen LogP contribution in [0.15, 0.2) is 11.6 Å². The van der Waals surface area contributed by atoms with E-state index in [4.69, 9.17) is 9.47 Å². The number of hydrogen-bond acceptors (Lipinski definition) is 5. The first-order valence-corrected chi connectivity index (χ1v) is 11.4. The minimum Gasteiger partial charge on any atom is -0.469 e. The first-order chi connectivity index (χ1) is 13.7. The van der Waals surface area contributed by atoms with Crippen molar-refractivity contribution in [2.75, 3.05) is 7.11 Å². The van der Waals surface area contributed by atoms with Crippen molar-refractivity contribution in [2.45, 2.75) is 83.3 Å². The van der Waals surface area contributed by atoms with Gasteiger partial charge in [0.1, 0.15) is 5.60 Å². The Labute approximate surface area is 173 Å². The summed E-state index contributed by atoms with van der Waals surface area (Å²) in [6.07, 6.45) is 9.74. The van der Waals surface area contributed by atoms with Crippen molar-refractivity contribution in [1.82, 2.24) is 0 Å².